The van der Waals surface area contributed by atoms with Crippen molar-refractivity contribution in [1.82, 2.24) is 4.72 Å². The van der Waals surface area contributed by atoms with Gasteiger partial charge in [-0.25, -0.2) is 8.42 Å². The largest absolute Gasteiger partial charge is 0.216 e. The number of sulfonamides is 1. The smallest absolute Gasteiger partial charge is 0.212 e. The van der Waals surface area contributed by atoms with Crippen LogP contribution < -0.4 is 4.72 Å². The second-order valence-corrected chi connectivity index (χ2v) is 5.47. The van der Waals surface area contributed by atoms with E-state index in [1.54, 1.807) is 12.1 Å². The van der Waals surface area contributed by atoms with Gasteiger partial charge < -0.3 is 0 Å². The third-order valence-corrected chi connectivity index (χ3v) is 3.45. The topological polar surface area (TPSA) is 70.0 Å². The standard InChI is InChI=1S/C11H14N2O2S/c1-9-3-5-11(6-4-9)8-16(14,15)13-10(2)7-12/h3-6,10,13H,8H2,1-2H3. The Kier molecular flexibility index (Phi) is 4.05. The number of nitriles is 1. The molecule has 0 saturated carbocycles. The van der Waals surface area contributed by atoms with E-state index in [4.69, 9.17) is 5.26 Å². The van der Waals surface area contributed by atoms with Crippen LogP contribution in [0.15, 0.2) is 24.3 Å². The number of aryl methyl sites for hydroxylation is 1. The van der Waals surface area contributed by atoms with Crippen LogP contribution in [0.2, 0.25) is 0 Å². The maximum atomic E-state index is 11.6. The summed E-state index contributed by atoms with van der Waals surface area (Å²) < 4.78 is 25.5. The monoisotopic (exact) mass is 238 g/mol. The van der Waals surface area contributed by atoms with Crippen molar-refractivity contribution >= 4 is 10.0 Å². The number of nitrogens with zero attached hydrogens (tertiary/aromatic N) is 1. The van der Waals surface area contributed by atoms with Crippen LogP contribution in [0.4, 0.5) is 0 Å². The Morgan fingerprint density at radius 2 is 1.94 bits per heavy atom. The lowest BCUT2D eigenvalue weighted by atomic mass is 10.2. The maximum absolute atomic E-state index is 11.6. The zero-order valence-corrected chi connectivity index (χ0v) is 10.1. The Labute approximate surface area is 96.0 Å². The van der Waals surface area contributed by atoms with Gasteiger partial charge in [-0.3, -0.25) is 0 Å². The number of benzene rings is 1. The van der Waals surface area contributed by atoms with Crippen LogP contribution in [0.1, 0.15) is 18.1 Å². The van der Waals surface area contributed by atoms with Crippen LogP contribution in [0, 0.1) is 18.3 Å². The molecule has 0 aliphatic carbocycles. The molecule has 1 aromatic rings. The first kappa shape index (κ1) is 12.7. The lowest BCUT2D eigenvalue weighted by Gasteiger charge is -2.07. The van der Waals surface area contributed by atoms with Crippen molar-refractivity contribution in [2.75, 3.05) is 0 Å². The molecule has 0 radical (unpaired) electrons. The van der Waals surface area contributed by atoms with Gasteiger partial charge in [0.1, 0.15) is 6.04 Å². The van der Waals surface area contributed by atoms with E-state index < -0.39 is 16.1 Å². The van der Waals surface area contributed by atoms with Gasteiger partial charge in [-0.1, -0.05) is 29.8 Å². The Morgan fingerprint density at radius 3 is 2.44 bits per heavy atom. The summed E-state index contributed by atoms with van der Waals surface area (Å²) in [6.07, 6.45) is 0. The average molecular weight is 238 g/mol. The molecule has 0 aliphatic rings. The van der Waals surface area contributed by atoms with E-state index in [2.05, 4.69) is 4.72 Å². The highest BCUT2D eigenvalue weighted by atomic mass is 32.2. The van der Waals surface area contributed by atoms with Gasteiger partial charge >= 0.3 is 0 Å². The van der Waals surface area contributed by atoms with Crippen LogP contribution >= 0.6 is 0 Å². The van der Waals surface area contributed by atoms with Crippen molar-refractivity contribution in [2.24, 2.45) is 0 Å². The normalized spacial score (nSPS) is 13.1. The minimum Gasteiger partial charge on any atom is -0.212 e. The molecule has 0 amide bonds. The average Bonchev–Trinajstić information content (AvgIpc) is 2.20. The molecule has 86 valence electrons. The number of hydrogen-bond donors (Lipinski definition) is 1. The Hall–Kier alpha value is -1.38. The molecule has 0 spiro atoms. The van der Waals surface area contributed by atoms with Crippen molar-refractivity contribution in [3.05, 3.63) is 35.4 Å². The second-order valence-electron chi connectivity index (χ2n) is 3.71. The van der Waals surface area contributed by atoms with Crippen LogP contribution in [-0.2, 0) is 15.8 Å². The predicted molar refractivity (Wildman–Crippen MR) is 62.0 cm³/mol. The molecule has 1 aromatic carbocycles. The first-order valence-corrected chi connectivity index (χ1v) is 6.53. The molecule has 1 unspecified atom stereocenters. The minimum atomic E-state index is -3.43. The minimum absolute atomic E-state index is 0.0979. The molecule has 1 rings (SSSR count). The highest BCUT2D eigenvalue weighted by molar-refractivity contribution is 7.88. The van der Waals surface area contributed by atoms with Gasteiger partial charge in [-0.15, -0.1) is 0 Å². The highest BCUT2D eigenvalue weighted by Gasteiger charge is 2.14. The van der Waals surface area contributed by atoms with Crippen molar-refractivity contribution < 1.29 is 8.42 Å². The zero-order valence-electron chi connectivity index (χ0n) is 9.27. The summed E-state index contributed by atoms with van der Waals surface area (Å²) in [4.78, 5) is 0. The molecular weight excluding hydrogens is 224 g/mol. The van der Waals surface area contributed by atoms with Gasteiger partial charge in [-0.2, -0.15) is 9.98 Å². The fraction of sp³-hybridized carbons (Fsp3) is 0.364. The van der Waals surface area contributed by atoms with E-state index in [1.165, 1.54) is 6.92 Å². The van der Waals surface area contributed by atoms with Crippen LogP contribution in [0.3, 0.4) is 0 Å². The Balaban J connectivity index is 2.74. The van der Waals surface area contributed by atoms with Gasteiger partial charge in [0, 0.05) is 0 Å². The highest BCUT2D eigenvalue weighted by Crippen LogP contribution is 2.07. The fourth-order valence-electron chi connectivity index (χ4n) is 1.24. The van der Waals surface area contributed by atoms with Gasteiger partial charge in [0.25, 0.3) is 0 Å². The Bertz CT molecular complexity index is 486. The summed E-state index contributed by atoms with van der Waals surface area (Å²) in [5.41, 5.74) is 1.79. The van der Waals surface area contributed by atoms with Crippen LogP contribution in [0.5, 0.6) is 0 Å². The van der Waals surface area contributed by atoms with Crippen LogP contribution in [-0.4, -0.2) is 14.5 Å². The summed E-state index contributed by atoms with van der Waals surface area (Å²) in [6, 6.07) is 8.39. The van der Waals surface area contributed by atoms with Gasteiger partial charge in [0.05, 0.1) is 11.8 Å². The van der Waals surface area contributed by atoms with Crippen LogP contribution in [0.25, 0.3) is 0 Å². The number of hydrogen-bond acceptors (Lipinski definition) is 3. The fourth-order valence-corrected chi connectivity index (χ4v) is 2.55. The van der Waals surface area contributed by atoms with E-state index >= 15 is 0 Å². The molecule has 0 fully saturated rings. The third kappa shape index (κ3) is 4.01. The number of nitrogens with one attached hydrogen (secondary N) is 1. The second kappa shape index (κ2) is 5.10. The predicted octanol–water partition coefficient (Wildman–Crippen LogP) is 1.33. The van der Waals surface area contributed by atoms with Crippen molar-refractivity contribution in [2.45, 2.75) is 25.6 Å². The molecule has 0 saturated heterocycles. The summed E-state index contributed by atoms with van der Waals surface area (Å²) >= 11 is 0. The molecule has 1 atom stereocenters. The summed E-state index contributed by atoms with van der Waals surface area (Å²) in [5, 5.41) is 8.52. The van der Waals surface area contributed by atoms with E-state index in [-0.39, 0.29) is 5.75 Å². The van der Waals surface area contributed by atoms with Gasteiger partial charge in [-0.05, 0) is 19.4 Å². The van der Waals surface area contributed by atoms with Crippen molar-refractivity contribution in [1.29, 1.82) is 5.26 Å². The first-order valence-electron chi connectivity index (χ1n) is 4.88. The van der Waals surface area contributed by atoms with E-state index in [0.717, 1.165) is 5.56 Å². The molecule has 1 N–H and O–H groups in total. The van der Waals surface area contributed by atoms with E-state index in [1.807, 2.05) is 25.1 Å². The summed E-state index contributed by atoms with van der Waals surface area (Å²) in [5.74, 6) is -0.0979. The SMILES string of the molecule is Cc1ccc(CS(=O)(=O)NC(C)C#N)cc1. The maximum Gasteiger partial charge on any atom is 0.216 e. The molecule has 0 bridgehead atoms. The molecule has 5 heteroatoms. The third-order valence-electron chi connectivity index (χ3n) is 2.03. The lowest BCUT2D eigenvalue weighted by Crippen LogP contribution is -2.32. The lowest BCUT2D eigenvalue weighted by molar-refractivity contribution is 0.576. The van der Waals surface area contributed by atoms with E-state index in [0.29, 0.717) is 5.56 Å². The van der Waals surface area contributed by atoms with E-state index in [9.17, 15) is 8.42 Å². The molecular formula is C11H14N2O2S. The Morgan fingerprint density at radius 1 is 1.38 bits per heavy atom. The summed E-state index contributed by atoms with van der Waals surface area (Å²) in [7, 11) is -3.43. The zero-order chi connectivity index (χ0) is 12.2. The van der Waals surface area contributed by atoms with Crippen molar-refractivity contribution in [3.8, 4) is 6.07 Å². The molecule has 0 heterocycles. The first-order chi connectivity index (χ1) is 7.43. The molecule has 0 aromatic heterocycles. The number of rotatable bonds is 4. The molecule has 0 aliphatic heterocycles. The van der Waals surface area contributed by atoms with Crippen molar-refractivity contribution in [3.63, 3.8) is 0 Å². The summed E-state index contributed by atoms with van der Waals surface area (Å²) in [6.45, 7) is 3.45. The van der Waals surface area contributed by atoms with Gasteiger partial charge in [0.15, 0.2) is 0 Å². The molecule has 16 heavy (non-hydrogen) atoms. The molecule has 4 nitrogen and oxygen atoms in total. The van der Waals surface area contributed by atoms with Gasteiger partial charge in [0.2, 0.25) is 10.0 Å². The quantitative estimate of drug-likeness (QED) is 0.860.